The van der Waals surface area contributed by atoms with Crippen LogP contribution in [-0.2, 0) is 7.05 Å². The third-order valence-corrected chi connectivity index (χ3v) is 1.79. The molecule has 0 N–H and O–H groups in total. The quantitative estimate of drug-likeness (QED) is 0.705. The van der Waals surface area contributed by atoms with Gasteiger partial charge < -0.3 is 4.74 Å². The van der Waals surface area contributed by atoms with Crippen LogP contribution in [0.25, 0.3) is 11.4 Å². The predicted molar refractivity (Wildman–Crippen MR) is 50.8 cm³/mol. The fraction of sp³-hybridized carbons (Fsp3) is 0.222. The normalized spacial score (nSPS) is 10.1. The van der Waals surface area contributed by atoms with E-state index in [0.29, 0.717) is 5.88 Å². The van der Waals surface area contributed by atoms with Crippen LogP contribution in [0.3, 0.4) is 0 Å². The number of hydrogen-bond donors (Lipinski definition) is 0. The number of pyridine rings is 1. The van der Waals surface area contributed by atoms with Crippen LogP contribution in [0, 0.1) is 0 Å². The number of aryl methyl sites for hydroxylation is 1. The fourth-order valence-electron chi connectivity index (χ4n) is 1.13. The molecule has 0 saturated carbocycles. The first kappa shape index (κ1) is 8.68. The summed E-state index contributed by atoms with van der Waals surface area (Å²) < 4.78 is 5.02. The molecule has 0 atom stereocenters. The number of methoxy groups -OCH3 is 1. The summed E-state index contributed by atoms with van der Waals surface area (Å²) in [6.07, 6.45) is 1.67. The van der Waals surface area contributed by atoms with Gasteiger partial charge in [-0.2, -0.15) is 15.0 Å². The van der Waals surface area contributed by atoms with Crippen molar-refractivity contribution in [2.75, 3.05) is 7.11 Å². The lowest BCUT2D eigenvalue weighted by Crippen LogP contribution is -1.93. The van der Waals surface area contributed by atoms with E-state index >= 15 is 0 Å². The minimum absolute atomic E-state index is 0.577. The molecule has 2 heterocycles. The molecule has 14 heavy (non-hydrogen) atoms. The van der Waals surface area contributed by atoms with Gasteiger partial charge in [0.15, 0.2) is 0 Å². The second kappa shape index (κ2) is 3.45. The van der Waals surface area contributed by atoms with Crippen molar-refractivity contribution in [3.05, 3.63) is 24.4 Å². The smallest absolute Gasteiger partial charge is 0.213 e. The Hall–Kier alpha value is -1.91. The summed E-state index contributed by atoms with van der Waals surface area (Å²) in [6, 6.07) is 5.53. The van der Waals surface area contributed by atoms with Gasteiger partial charge in [-0.15, -0.1) is 0 Å². The van der Waals surface area contributed by atoms with Crippen molar-refractivity contribution in [1.29, 1.82) is 0 Å². The average molecular weight is 190 g/mol. The molecule has 0 aliphatic heterocycles. The molecule has 0 aliphatic carbocycles. The predicted octanol–water partition coefficient (Wildman–Crippen LogP) is 0.886. The summed E-state index contributed by atoms with van der Waals surface area (Å²) in [4.78, 5) is 5.73. The molecule has 2 rings (SSSR count). The van der Waals surface area contributed by atoms with Gasteiger partial charge in [0.1, 0.15) is 5.69 Å². The Labute approximate surface area is 81.3 Å². The summed E-state index contributed by atoms with van der Waals surface area (Å²) in [5.74, 6) is 0.577. The van der Waals surface area contributed by atoms with Crippen LogP contribution in [-0.4, -0.2) is 27.1 Å². The van der Waals surface area contributed by atoms with Crippen LogP contribution < -0.4 is 4.74 Å². The minimum Gasteiger partial charge on any atom is -0.481 e. The Kier molecular flexibility index (Phi) is 2.14. The summed E-state index contributed by atoms with van der Waals surface area (Å²) >= 11 is 0. The summed E-state index contributed by atoms with van der Waals surface area (Å²) in [5.41, 5.74) is 1.50. The minimum atomic E-state index is 0.577. The molecule has 0 aliphatic rings. The van der Waals surface area contributed by atoms with Crippen molar-refractivity contribution < 1.29 is 4.74 Å². The Bertz CT molecular complexity index is 438. The highest BCUT2D eigenvalue weighted by atomic mass is 16.5. The van der Waals surface area contributed by atoms with E-state index in [1.165, 1.54) is 4.80 Å². The summed E-state index contributed by atoms with van der Waals surface area (Å²) in [5, 5.41) is 8.12. The lowest BCUT2D eigenvalue weighted by atomic mass is 10.3. The number of ether oxygens (including phenoxy) is 1. The first-order chi connectivity index (χ1) is 6.79. The molecular formula is C9H10N4O. The first-order valence-electron chi connectivity index (χ1n) is 4.17. The SMILES string of the molecule is COc1cccc(-c2cnn(C)n2)n1. The molecule has 0 amide bonds. The zero-order chi connectivity index (χ0) is 9.97. The van der Waals surface area contributed by atoms with Gasteiger partial charge in [-0.3, -0.25) is 0 Å². The average Bonchev–Trinajstić information content (AvgIpc) is 2.65. The molecule has 0 bridgehead atoms. The number of rotatable bonds is 2. The molecule has 72 valence electrons. The lowest BCUT2D eigenvalue weighted by molar-refractivity contribution is 0.398. The summed E-state index contributed by atoms with van der Waals surface area (Å²) in [7, 11) is 3.35. The van der Waals surface area contributed by atoms with Gasteiger partial charge in [0.25, 0.3) is 0 Å². The molecule has 0 spiro atoms. The monoisotopic (exact) mass is 190 g/mol. The van der Waals surface area contributed by atoms with E-state index in [9.17, 15) is 0 Å². The van der Waals surface area contributed by atoms with Gasteiger partial charge in [0.05, 0.1) is 19.0 Å². The second-order valence-electron chi connectivity index (χ2n) is 2.78. The van der Waals surface area contributed by atoms with E-state index in [0.717, 1.165) is 11.4 Å². The molecular weight excluding hydrogens is 180 g/mol. The molecule has 2 aromatic heterocycles. The number of nitrogens with zero attached hydrogens (tertiary/aromatic N) is 4. The zero-order valence-electron chi connectivity index (χ0n) is 8.01. The number of aromatic nitrogens is 4. The Morgan fingerprint density at radius 3 is 2.79 bits per heavy atom. The van der Waals surface area contributed by atoms with Crippen molar-refractivity contribution in [3.63, 3.8) is 0 Å². The maximum absolute atomic E-state index is 5.02. The van der Waals surface area contributed by atoms with Crippen molar-refractivity contribution in [3.8, 4) is 17.3 Å². The van der Waals surface area contributed by atoms with Gasteiger partial charge in [-0.25, -0.2) is 4.98 Å². The molecule has 0 fully saturated rings. The molecule has 0 radical (unpaired) electrons. The largest absolute Gasteiger partial charge is 0.481 e. The van der Waals surface area contributed by atoms with E-state index in [-0.39, 0.29) is 0 Å². The molecule has 0 unspecified atom stereocenters. The number of hydrogen-bond acceptors (Lipinski definition) is 4. The second-order valence-corrected chi connectivity index (χ2v) is 2.78. The highest BCUT2D eigenvalue weighted by Gasteiger charge is 2.04. The molecule has 0 saturated heterocycles. The molecule has 5 nitrogen and oxygen atoms in total. The van der Waals surface area contributed by atoms with Gasteiger partial charge >= 0.3 is 0 Å². The van der Waals surface area contributed by atoms with Crippen LogP contribution >= 0.6 is 0 Å². The van der Waals surface area contributed by atoms with E-state index in [1.807, 2.05) is 12.1 Å². The topological polar surface area (TPSA) is 52.8 Å². The van der Waals surface area contributed by atoms with Crippen LogP contribution in [0.1, 0.15) is 0 Å². The van der Waals surface area contributed by atoms with E-state index in [1.54, 1.807) is 26.4 Å². The van der Waals surface area contributed by atoms with Crippen molar-refractivity contribution >= 4 is 0 Å². The Morgan fingerprint density at radius 2 is 2.14 bits per heavy atom. The molecule has 5 heteroatoms. The van der Waals surface area contributed by atoms with Crippen molar-refractivity contribution in [1.82, 2.24) is 20.0 Å². The zero-order valence-corrected chi connectivity index (χ0v) is 8.01. The van der Waals surface area contributed by atoms with E-state index in [2.05, 4.69) is 15.2 Å². The molecule has 2 aromatic rings. The lowest BCUT2D eigenvalue weighted by Gasteiger charge is -1.99. The van der Waals surface area contributed by atoms with Crippen molar-refractivity contribution in [2.45, 2.75) is 0 Å². The van der Waals surface area contributed by atoms with Crippen LogP contribution in [0.5, 0.6) is 5.88 Å². The van der Waals surface area contributed by atoms with Gasteiger partial charge in [-0.1, -0.05) is 6.07 Å². The highest BCUT2D eigenvalue weighted by Crippen LogP contribution is 2.15. The Balaban J connectivity index is 2.41. The van der Waals surface area contributed by atoms with Crippen molar-refractivity contribution in [2.24, 2.45) is 7.05 Å². The van der Waals surface area contributed by atoms with Gasteiger partial charge in [0.2, 0.25) is 5.88 Å². The van der Waals surface area contributed by atoms with Gasteiger partial charge in [-0.05, 0) is 6.07 Å². The third kappa shape index (κ3) is 1.56. The maximum atomic E-state index is 5.02. The van der Waals surface area contributed by atoms with E-state index < -0.39 is 0 Å². The fourth-order valence-corrected chi connectivity index (χ4v) is 1.13. The standard InChI is InChI=1S/C9H10N4O/c1-13-10-6-8(12-13)7-4-3-5-9(11-7)14-2/h3-6H,1-2H3. The van der Waals surface area contributed by atoms with Crippen LogP contribution in [0.15, 0.2) is 24.4 Å². The third-order valence-electron chi connectivity index (χ3n) is 1.79. The summed E-state index contributed by atoms with van der Waals surface area (Å²) in [6.45, 7) is 0. The molecule has 0 aromatic carbocycles. The Morgan fingerprint density at radius 1 is 1.29 bits per heavy atom. The van der Waals surface area contributed by atoms with E-state index in [4.69, 9.17) is 4.74 Å². The first-order valence-corrected chi connectivity index (χ1v) is 4.17. The maximum Gasteiger partial charge on any atom is 0.213 e. The van der Waals surface area contributed by atoms with Gasteiger partial charge in [0, 0.05) is 13.1 Å². The highest BCUT2D eigenvalue weighted by molar-refractivity contribution is 5.52. The van der Waals surface area contributed by atoms with Crippen LogP contribution in [0.2, 0.25) is 0 Å². The van der Waals surface area contributed by atoms with Crippen LogP contribution in [0.4, 0.5) is 0 Å².